The maximum Gasteiger partial charge on any atom is 0.0647 e. The lowest BCUT2D eigenvalue weighted by molar-refractivity contribution is 1.13. The molecule has 0 aromatic heterocycles. The van der Waals surface area contributed by atoms with Gasteiger partial charge >= 0.3 is 0 Å². The van der Waals surface area contributed by atoms with E-state index in [0.717, 1.165) is 9.50 Å². The summed E-state index contributed by atoms with van der Waals surface area (Å²) in [4.78, 5) is 0.196. The van der Waals surface area contributed by atoms with Gasteiger partial charge in [-0.05, 0) is 54.3 Å². The molecule has 0 saturated carbocycles. The van der Waals surface area contributed by atoms with Crippen molar-refractivity contribution in [2.24, 2.45) is 0 Å². The number of aryl methyl sites for hydroxylation is 2. The van der Waals surface area contributed by atoms with Gasteiger partial charge in [0.15, 0.2) is 0 Å². The van der Waals surface area contributed by atoms with Crippen molar-refractivity contribution in [3.05, 3.63) is 68.1 Å². The SMILES string of the molecule is Cc1cc(C(Br)c2ccc(Cl)cc2)c(C)cc1Br. The minimum absolute atomic E-state index is 0.196. The number of hydrogen-bond donors (Lipinski definition) is 0. The predicted octanol–water partition coefficient (Wildman–Crippen LogP) is 6.20. The Hall–Kier alpha value is -0.310. The molecule has 0 radical (unpaired) electrons. The Labute approximate surface area is 130 Å². The summed E-state index contributed by atoms with van der Waals surface area (Å²) in [6.07, 6.45) is 0. The molecule has 0 spiro atoms. The van der Waals surface area contributed by atoms with Crippen LogP contribution < -0.4 is 0 Å². The second-order valence-electron chi connectivity index (χ2n) is 4.37. The van der Waals surface area contributed by atoms with E-state index in [1.807, 2.05) is 12.1 Å². The third kappa shape index (κ3) is 2.98. The van der Waals surface area contributed by atoms with Gasteiger partial charge in [-0.15, -0.1) is 0 Å². The highest BCUT2D eigenvalue weighted by atomic mass is 79.9. The first-order valence-corrected chi connectivity index (χ1v) is 7.74. The van der Waals surface area contributed by atoms with Gasteiger partial charge in [-0.3, -0.25) is 0 Å². The van der Waals surface area contributed by atoms with E-state index in [9.17, 15) is 0 Å². The first kappa shape index (κ1) is 14.1. The summed E-state index contributed by atoms with van der Waals surface area (Å²) in [5.74, 6) is 0. The highest BCUT2D eigenvalue weighted by Crippen LogP contribution is 2.35. The molecule has 2 rings (SSSR count). The van der Waals surface area contributed by atoms with Gasteiger partial charge in [0.2, 0.25) is 0 Å². The molecule has 0 heterocycles. The van der Waals surface area contributed by atoms with Crippen LogP contribution in [0.1, 0.15) is 27.1 Å². The van der Waals surface area contributed by atoms with Crippen molar-refractivity contribution >= 4 is 43.5 Å². The van der Waals surface area contributed by atoms with Crippen LogP contribution in [0.15, 0.2) is 40.9 Å². The zero-order chi connectivity index (χ0) is 13.3. The van der Waals surface area contributed by atoms with E-state index in [-0.39, 0.29) is 4.83 Å². The minimum Gasteiger partial charge on any atom is -0.0843 e. The zero-order valence-corrected chi connectivity index (χ0v) is 14.1. The normalized spacial score (nSPS) is 12.5. The highest BCUT2D eigenvalue weighted by Gasteiger charge is 2.14. The third-order valence-corrected chi connectivity index (χ3v) is 5.11. The highest BCUT2D eigenvalue weighted by molar-refractivity contribution is 9.10. The van der Waals surface area contributed by atoms with Gasteiger partial charge in [0, 0.05) is 9.50 Å². The first-order valence-electron chi connectivity index (χ1n) is 5.65. The summed E-state index contributed by atoms with van der Waals surface area (Å²) < 4.78 is 1.15. The first-order chi connectivity index (χ1) is 8.49. The Balaban J connectivity index is 2.42. The standard InChI is InChI=1S/C15H13Br2Cl/c1-9-8-14(16)10(2)7-13(9)15(17)11-3-5-12(18)6-4-11/h3-8,15H,1-2H3. The molecule has 0 bridgehead atoms. The van der Waals surface area contributed by atoms with E-state index < -0.39 is 0 Å². The molecule has 0 amide bonds. The van der Waals surface area contributed by atoms with Crippen molar-refractivity contribution in [2.75, 3.05) is 0 Å². The van der Waals surface area contributed by atoms with E-state index in [2.05, 4.69) is 70.0 Å². The lowest BCUT2D eigenvalue weighted by atomic mass is 9.98. The number of halogens is 3. The van der Waals surface area contributed by atoms with Crippen molar-refractivity contribution in [2.45, 2.75) is 18.7 Å². The second kappa shape index (κ2) is 5.77. The van der Waals surface area contributed by atoms with Crippen molar-refractivity contribution < 1.29 is 0 Å². The van der Waals surface area contributed by atoms with E-state index in [0.29, 0.717) is 0 Å². The van der Waals surface area contributed by atoms with Crippen LogP contribution >= 0.6 is 43.5 Å². The van der Waals surface area contributed by atoms with E-state index in [1.54, 1.807) is 0 Å². The number of alkyl halides is 1. The molecule has 1 unspecified atom stereocenters. The lowest BCUT2D eigenvalue weighted by Gasteiger charge is -2.15. The summed E-state index contributed by atoms with van der Waals surface area (Å²) in [7, 11) is 0. The number of hydrogen-bond acceptors (Lipinski definition) is 0. The van der Waals surface area contributed by atoms with Crippen LogP contribution in [-0.4, -0.2) is 0 Å². The maximum atomic E-state index is 5.92. The Morgan fingerprint density at radius 1 is 1.00 bits per heavy atom. The summed E-state index contributed by atoms with van der Waals surface area (Å²) >= 11 is 13.3. The Kier molecular flexibility index (Phi) is 4.52. The molecule has 0 aliphatic heterocycles. The fourth-order valence-corrected chi connectivity index (χ4v) is 3.27. The summed E-state index contributed by atoms with van der Waals surface area (Å²) in [6.45, 7) is 4.23. The van der Waals surface area contributed by atoms with Crippen LogP contribution in [0.3, 0.4) is 0 Å². The molecule has 0 saturated heterocycles. The van der Waals surface area contributed by atoms with Crippen molar-refractivity contribution in [3.8, 4) is 0 Å². The van der Waals surface area contributed by atoms with E-state index >= 15 is 0 Å². The molecular formula is C15H13Br2Cl. The quantitative estimate of drug-likeness (QED) is 0.537. The molecule has 0 aliphatic rings. The smallest absolute Gasteiger partial charge is 0.0647 e. The zero-order valence-electron chi connectivity index (χ0n) is 10.2. The molecule has 0 N–H and O–H groups in total. The molecule has 2 aromatic carbocycles. The largest absolute Gasteiger partial charge is 0.0843 e. The van der Waals surface area contributed by atoms with Crippen molar-refractivity contribution in [1.82, 2.24) is 0 Å². The molecular weight excluding hydrogens is 375 g/mol. The maximum absolute atomic E-state index is 5.92. The average molecular weight is 389 g/mol. The Morgan fingerprint density at radius 2 is 1.61 bits per heavy atom. The molecule has 2 aromatic rings. The average Bonchev–Trinajstić information content (AvgIpc) is 2.34. The Morgan fingerprint density at radius 3 is 2.22 bits per heavy atom. The van der Waals surface area contributed by atoms with Gasteiger partial charge in [-0.2, -0.15) is 0 Å². The summed E-state index contributed by atoms with van der Waals surface area (Å²) in [5, 5.41) is 0.766. The minimum atomic E-state index is 0.196. The van der Waals surface area contributed by atoms with Crippen LogP contribution in [0, 0.1) is 13.8 Å². The monoisotopic (exact) mass is 386 g/mol. The van der Waals surface area contributed by atoms with E-state index in [4.69, 9.17) is 11.6 Å². The number of benzene rings is 2. The third-order valence-electron chi connectivity index (χ3n) is 2.98. The second-order valence-corrected chi connectivity index (χ2v) is 6.58. The topological polar surface area (TPSA) is 0 Å². The van der Waals surface area contributed by atoms with Gasteiger partial charge in [-0.25, -0.2) is 0 Å². The summed E-state index contributed by atoms with van der Waals surface area (Å²) in [6, 6.07) is 12.3. The molecule has 0 aliphatic carbocycles. The molecule has 0 fully saturated rings. The van der Waals surface area contributed by atoms with Gasteiger partial charge in [0.05, 0.1) is 4.83 Å². The van der Waals surface area contributed by atoms with Crippen LogP contribution in [-0.2, 0) is 0 Å². The lowest BCUT2D eigenvalue weighted by Crippen LogP contribution is -1.97. The fourth-order valence-electron chi connectivity index (χ4n) is 1.89. The predicted molar refractivity (Wildman–Crippen MR) is 85.8 cm³/mol. The van der Waals surface area contributed by atoms with E-state index in [1.165, 1.54) is 22.3 Å². The fraction of sp³-hybridized carbons (Fsp3) is 0.200. The molecule has 1 atom stereocenters. The van der Waals surface area contributed by atoms with Crippen molar-refractivity contribution in [3.63, 3.8) is 0 Å². The molecule has 18 heavy (non-hydrogen) atoms. The van der Waals surface area contributed by atoms with Gasteiger partial charge in [0.25, 0.3) is 0 Å². The van der Waals surface area contributed by atoms with Crippen LogP contribution in [0.4, 0.5) is 0 Å². The van der Waals surface area contributed by atoms with Crippen LogP contribution in [0.5, 0.6) is 0 Å². The molecule has 3 heteroatoms. The summed E-state index contributed by atoms with van der Waals surface area (Å²) in [5.41, 5.74) is 5.01. The molecule has 0 nitrogen and oxygen atoms in total. The van der Waals surface area contributed by atoms with Gasteiger partial charge in [-0.1, -0.05) is 61.7 Å². The van der Waals surface area contributed by atoms with Crippen LogP contribution in [0.25, 0.3) is 0 Å². The number of rotatable bonds is 2. The van der Waals surface area contributed by atoms with Gasteiger partial charge < -0.3 is 0 Å². The molecule has 94 valence electrons. The Bertz CT molecular complexity index is 561. The van der Waals surface area contributed by atoms with Gasteiger partial charge in [0.1, 0.15) is 0 Å². The van der Waals surface area contributed by atoms with Crippen LogP contribution in [0.2, 0.25) is 5.02 Å². The van der Waals surface area contributed by atoms with Crippen molar-refractivity contribution in [1.29, 1.82) is 0 Å².